The Kier molecular flexibility index (Phi) is 4.63. The number of hydrogen-bond acceptors (Lipinski definition) is 2. The molecule has 0 aliphatic carbocycles. The molecule has 0 fully saturated rings. The molecule has 0 bridgehead atoms. The predicted octanol–water partition coefficient (Wildman–Crippen LogP) is 4.04. The second kappa shape index (κ2) is 6.25. The standard InChI is InChI=1S/C16H17ClFNO/c1-10-7-11(3-6-16(10)20-2)15(19)9-12-8-13(17)4-5-14(12)18/h3-8,15H,9,19H2,1-2H3. The third kappa shape index (κ3) is 3.30. The Balaban J connectivity index is 2.21. The van der Waals surface area contributed by atoms with Crippen LogP contribution in [0, 0.1) is 12.7 Å². The van der Waals surface area contributed by atoms with Gasteiger partial charge in [-0.2, -0.15) is 0 Å². The third-order valence-electron chi connectivity index (χ3n) is 3.29. The molecule has 0 amide bonds. The Hall–Kier alpha value is -1.58. The van der Waals surface area contributed by atoms with E-state index >= 15 is 0 Å². The van der Waals surface area contributed by atoms with Crippen LogP contribution in [-0.2, 0) is 6.42 Å². The van der Waals surface area contributed by atoms with E-state index in [1.54, 1.807) is 13.2 Å². The van der Waals surface area contributed by atoms with Crippen molar-refractivity contribution in [3.05, 3.63) is 63.9 Å². The Morgan fingerprint density at radius 3 is 2.65 bits per heavy atom. The smallest absolute Gasteiger partial charge is 0.126 e. The van der Waals surface area contributed by atoms with Crippen LogP contribution in [0.3, 0.4) is 0 Å². The topological polar surface area (TPSA) is 35.2 Å². The first-order valence-electron chi connectivity index (χ1n) is 6.35. The second-order valence-electron chi connectivity index (χ2n) is 4.78. The van der Waals surface area contributed by atoms with Crippen LogP contribution in [0.5, 0.6) is 5.75 Å². The van der Waals surface area contributed by atoms with E-state index in [9.17, 15) is 4.39 Å². The number of hydrogen-bond donors (Lipinski definition) is 1. The molecule has 0 spiro atoms. The van der Waals surface area contributed by atoms with E-state index < -0.39 is 0 Å². The average Bonchev–Trinajstić information content (AvgIpc) is 2.42. The van der Waals surface area contributed by atoms with Crippen molar-refractivity contribution in [1.82, 2.24) is 0 Å². The van der Waals surface area contributed by atoms with Crippen LogP contribution in [0.4, 0.5) is 4.39 Å². The lowest BCUT2D eigenvalue weighted by atomic mass is 9.98. The van der Waals surface area contributed by atoms with Crippen molar-refractivity contribution >= 4 is 11.6 Å². The van der Waals surface area contributed by atoms with Gasteiger partial charge in [0.05, 0.1) is 7.11 Å². The molecule has 4 heteroatoms. The summed E-state index contributed by atoms with van der Waals surface area (Å²) in [6, 6.07) is 9.97. The number of aryl methyl sites for hydroxylation is 1. The molecule has 0 heterocycles. The molecule has 0 radical (unpaired) electrons. The van der Waals surface area contributed by atoms with Gasteiger partial charge >= 0.3 is 0 Å². The van der Waals surface area contributed by atoms with Crippen LogP contribution in [0.2, 0.25) is 5.02 Å². The van der Waals surface area contributed by atoms with Gasteiger partial charge in [-0.25, -0.2) is 4.39 Å². The summed E-state index contributed by atoms with van der Waals surface area (Å²) in [5.41, 5.74) is 8.64. The van der Waals surface area contributed by atoms with Gasteiger partial charge in [-0.05, 0) is 54.3 Å². The minimum Gasteiger partial charge on any atom is -0.496 e. The molecule has 106 valence electrons. The lowest BCUT2D eigenvalue weighted by molar-refractivity contribution is 0.411. The zero-order chi connectivity index (χ0) is 14.7. The molecule has 2 rings (SSSR count). The van der Waals surface area contributed by atoms with E-state index in [1.807, 2.05) is 25.1 Å². The number of benzene rings is 2. The van der Waals surface area contributed by atoms with Gasteiger partial charge in [0.1, 0.15) is 11.6 Å². The van der Waals surface area contributed by atoms with Crippen molar-refractivity contribution in [2.75, 3.05) is 7.11 Å². The van der Waals surface area contributed by atoms with Crippen LogP contribution < -0.4 is 10.5 Å². The lowest BCUT2D eigenvalue weighted by Crippen LogP contribution is -2.14. The highest BCUT2D eigenvalue weighted by Gasteiger charge is 2.12. The van der Waals surface area contributed by atoms with E-state index in [0.717, 1.165) is 16.9 Å². The fourth-order valence-electron chi connectivity index (χ4n) is 2.19. The van der Waals surface area contributed by atoms with Gasteiger partial charge in [-0.3, -0.25) is 0 Å². The summed E-state index contributed by atoms with van der Waals surface area (Å²) in [5, 5.41) is 0.513. The van der Waals surface area contributed by atoms with Crippen LogP contribution in [0.1, 0.15) is 22.7 Å². The zero-order valence-corrected chi connectivity index (χ0v) is 12.2. The van der Waals surface area contributed by atoms with E-state index in [1.165, 1.54) is 12.1 Å². The lowest BCUT2D eigenvalue weighted by Gasteiger charge is -2.15. The molecule has 2 N–H and O–H groups in total. The maximum absolute atomic E-state index is 13.7. The molecule has 2 aromatic carbocycles. The number of ether oxygens (including phenoxy) is 1. The molecule has 0 aromatic heterocycles. The molecule has 2 aromatic rings. The Bertz CT molecular complexity index is 615. The second-order valence-corrected chi connectivity index (χ2v) is 5.21. The Morgan fingerprint density at radius 2 is 2.00 bits per heavy atom. The monoisotopic (exact) mass is 293 g/mol. The fraction of sp³-hybridized carbons (Fsp3) is 0.250. The van der Waals surface area contributed by atoms with Crippen LogP contribution in [0.25, 0.3) is 0 Å². The van der Waals surface area contributed by atoms with E-state index in [4.69, 9.17) is 22.1 Å². The minimum atomic E-state index is -0.285. The van der Waals surface area contributed by atoms with Crippen molar-refractivity contribution in [2.45, 2.75) is 19.4 Å². The molecule has 0 saturated heterocycles. The van der Waals surface area contributed by atoms with Crippen molar-refractivity contribution in [3.63, 3.8) is 0 Å². The first-order chi connectivity index (χ1) is 9.51. The Labute approximate surface area is 123 Å². The maximum atomic E-state index is 13.7. The summed E-state index contributed by atoms with van der Waals surface area (Å²) in [6.45, 7) is 1.95. The van der Waals surface area contributed by atoms with Crippen molar-refractivity contribution in [3.8, 4) is 5.75 Å². The van der Waals surface area contributed by atoms with Crippen molar-refractivity contribution < 1.29 is 9.13 Å². The summed E-state index contributed by atoms with van der Waals surface area (Å²) in [5.74, 6) is 0.532. The molecule has 1 atom stereocenters. The first kappa shape index (κ1) is 14.8. The van der Waals surface area contributed by atoms with Crippen molar-refractivity contribution in [2.24, 2.45) is 5.73 Å². The van der Waals surface area contributed by atoms with Crippen LogP contribution >= 0.6 is 11.6 Å². The van der Waals surface area contributed by atoms with Gasteiger partial charge in [0.15, 0.2) is 0 Å². The largest absolute Gasteiger partial charge is 0.496 e. The highest BCUT2D eigenvalue weighted by molar-refractivity contribution is 6.30. The minimum absolute atomic E-state index is 0.282. The molecule has 0 aliphatic rings. The summed E-state index contributed by atoms with van der Waals surface area (Å²) < 4.78 is 18.9. The fourth-order valence-corrected chi connectivity index (χ4v) is 2.38. The van der Waals surface area contributed by atoms with E-state index in [2.05, 4.69) is 0 Å². The number of nitrogens with two attached hydrogens (primary N) is 1. The maximum Gasteiger partial charge on any atom is 0.126 e. The molecule has 0 saturated carbocycles. The van der Waals surface area contributed by atoms with Crippen molar-refractivity contribution in [1.29, 1.82) is 0 Å². The summed E-state index contributed by atoms with van der Waals surface area (Å²) in [7, 11) is 1.63. The summed E-state index contributed by atoms with van der Waals surface area (Å²) in [6.07, 6.45) is 0.401. The number of rotatable bonds is 4. The SMILES string of the molecule is COc1ccc(C(N)Cc2cc(Cl)ccc2F)cc1C. The van der Waals surface area contributed by atoms with E-state index in [-0.39, 0.29) is 11.9 Å². The Morgan fingerprint density at radius 1 is 1.25 bits per heavy atom. The quantitative estimate of drug-likeness (QED) is 0.923. The van der Waals surface area contributed by atoms with Gasteiger partial charge in [0, 0.05) is 11.1 Å². The summed E-state index contributed by atoms with van der Waals surface area (Å²) in [4.78, 5) is 0. The summed E-state index contributed by atoms with van der Waals surface area (Å²) >= 11 is 5.89. The molecule has 0 aliphatic heterocycles. The molecule has 20 heavy (non-hydrogen) atoms. The third-order valence-corrected chi connectivity index (χ3v) is 3.53. The van der Waals surface area contributed by atoms with Gasteiger partial charge in [0.2, 0.25) is 0 Å². The average molecular weight is 294 g/mol. The molecular weight excluding hydrogens is 277 g/mol. The zero-order valence-electron chi connectivity index (χ0n) is 11.5. The number of halogens is 2. The van der Waals surface area contributed by atoms with E-state index in [0.29, 0.717) is 17.0 Å². The van der Waals surface area contributed by atoms with Gasteiger partial charge in [0.25, 0.3) is 0 Å². The van der Waals surface area contributed by atoms with Gasteiger partial charge < -0.3 is 10.5 Å². The highest BCUT2D eigenvalue weighted by atomic mass is 35.5. The first-order valence-corrected chi connectivity index (χ1v) is 6.73. The van der Waals surface area contributed by atoms with Gasteiger partial charge in [-0.15, -0.1) is 0 Å². The highest BCUT2D eigenvalue weighted by Crippen LogP contribution is 2.25. The molecule has 2 nitrogen and oxygen atoms in total. The predicted molar refractivity (Wildman–Crippen MR) is 79.8 cm³/mol. The molecule has 1 unspecified atom stereocenters. The van der Waals surface area contributed by atoms with Gasteiger partial charge in [-0.1, -0.05) is 23.7 Å². The normalized spacial score (nSPS) is 12.2. The van der Waals surface area contributed by atoms with Crippen LogP contribution in [0.15, 0.2) is 36.4 Å². The van der Waals surface area contributed by atoms with Crippen LogP contribution in [-0.4, -0.2) is 7.11 Å². The number of methoxy groups -OCH3 is 1. The molecular formula is C16H17ClFNO.